The van der Waals surface area contributed by atoms with Crippen molar-refractivity contribution in [2.45, 2.75) is 32.3 Å². The molecule has 1 atom stereocenters. The molecule has 1 N–H and O–H groups in total. The highest BCUT2D eigenvalue weighted by Gasteiger charge is 2.30. The standard InChI is InChI=1S/C18H18O3/c1-11(2)12-7-8-16-15(9-12)17(18(19)20)14-6-4-3-5-13(14)10-21-16/h3-9,11,17H,10H2,1-2H3,(H,19,20). The molecule has 0 aliphatic carbocycles. The van der Waals surface area contributed by atoms with Crippen LogP contribution in [0.3, 0.4) is 0 Å². The first-order valence-electron chi connectivity index (χ1n) is 7.15. The van der Waals surface area contributed by atoms with Gasteiger partial charge in [0.1, 0.15) is 18.3 Å². The van der Waals surface area contributed by atoms with Crippen LogP contribution in [0.2, 0.25) is 0 Å². The van der Waals surface area contributed by atoms with Gasteiger partial charge in [0.2, 0.25) is 0 Å². The molecule has 2 aromatic rings. The van der Waals surface area contributed by atoms with Crippen LogP contribution < -0.4 is 4.74 Å². The van der Waals surface area contributed by atoms with Crippen molar-refractivity contribution >= 4 is 5.97 Å². The van der Waals surface area contributed by atoms with E-state index in [1.165, 1.54) is 0 Å². The maximum atomic E-state index is 11.9. The monoisotopic (exact) mass is 282 g/mol. The Balaban J connectivity index is 2.22. The number of carbonyl (C=O) groups is 1. The van der Waals surface area contributed by atoms with Crippen molar-refractivity contribution < 1.29 is 14.6 Å². The summed E-state index contributed by atoms with van der Waals surface area (Å²) < 4.78 is 5.83. The van der Waals surface area contributed by atoms with Crippen LogP contribution in [0.15, 0.2) is 42.5 Å². The Labute approximate surface area is 124 Å². The molecule has 3 rings (SSSR count). The molecule has 0 radical (unpaired) electrons. The van der Waals surface area contributed by atoms with Crippen molar-refractivity contribution in [2.75, 3.05) is 0 Å². The Bertz CT molecular complexity index is 689. The van der Waals surface area contributed by atoms with E-state index in [0.717, 1.165) is 22.3 Å². The van der Waals surface area contributed by atoms with E-state index in [-0.39, 0.29) is 0 Å². The molecule has 0 saturated heterocycles. The predicted molar refractivity (Wildman–Crippen MR) is 80.8 cm³/mol. The van der Waals surface area contributed by atoms with Crippen molar-refractivity contribution in [3.8, 4) is 5.75 Å². The summed E-state index contributed by atoms with van der Waals surface area (Å²) in [5.41, 5.74) is 3.64. The topological polar surface area (TPSA) is 46.5 Å². The molecule has 0 amide bonds. The lowest BCUT2D eigenvalue weighted by Crippen LogP contribution is -2.14. The molecule has 0 spiro atoms. The van der Waals surface area contributed by atoms with Crippen LogP contribution in [0.1, 0.15) is 47.9 Å². The molecule has 1 heterocycles. The number of carboxylic acid groups (broad SMARTS) is 1. The summed E-state index contributed by atoms with van der Waals surface area (Å²) in [4.78, 5) is 11.9. The Morgan fingerprint density at radius 2 is 1.95 bits per heavy atom. The predicted octanol–water partition coefficient (Wildman–Crippen LogP) is 3.92. The Morgan fingerprint density at radius 1 is 1.19 bits per heavy atom. The summed E-state index contributed by atoms with van der Waals surface area (Å²) in [6.45, 7) is 4.61. The minimum Gasteiger partial charge on any atom is -0.489 e. The summed E-state index contributed by atoms with van der Waals surface area (Å²) in [6, 6.07) is 13.5. The lowest BCUT2D eigenvalue weighted by Gasteiger charge is -2.16. The van der Waals surface area contributed by atoms with E-state index in [1.54, 1.807) is 0 Å². The van der Waals surface area contributed by atoms with E-state index in [9.17, 15) is 9.90 Å². The zero-order valence-corrected chi connectivity index (χ0v) is 12.2. The van der Waals surface area contributed by atoms with Crippen molar-refractivity contribution in [3.63, 3.8) is 0 Å². The first-order chi connectivity index (χ1) is 10.1. The average Bonchev–Trinajstić information content (AvgIpc) is 2.62. The molecular weight excluding hydrogens is 264 g/mol. The summed E-state index contributed by atoms with van der Waals surface area (Å²) >= 11 is 0. The molecule has 1 unspecified atom stereocenters. The second-order valence-corrected chi connectivity index (χ2v) is 5.71. The van der Waals surface area contributed by atoms with Gasteiger partial charge >= 0.3 is 5.97 Å². The molecule has 0 aromatic heterocycles. The second kappa shape index (κ2) is 5.24. The zero-order chi connectivity index (χ0) is 15.0. The summed E-state index contributed by atoms with van der Waals surface area (Å²) in [5, 5.41) is 9.73. The molecule has 2 aromatic carbocycles. The van der Waals surface area contributed by atoms with Gasteiger partial charge in [-0.25, -0.2) is 0 Å². The fourth-order valence-corrected chi connectivity index (χ4v) is 2.82. The lowest BCUT2D eigenvalue weighted by molar-refractivity contribution is -0.137. The molecule has 108 valence electrons. The van der Waals surface area contributed by atoms with Crippen molar-refractivity contribution in [1.29, 1.82) is 0 Å². The molecule has 0 saturated carbocycles. The van der Waals surface area contributed by atoms with Crippen molar-refractivity contribution in [2.24, 2.45) is 0 Å². The van der Waals surface area contributed by atoms with Gasteiger partial charge in [0, 0.05) is 5.56 Å². The minimum absolute atomic E-state index is 0.350. The van der Waals surface area contributed by atoms with E-state index in [0.29, 0.717) is 18.3 Å². The minimum atomic E-state index is -0.838. The fourth-order valence-electron chi connectivity index (χ4n) is 2.82. The van der Waals surface area contributed by atoms with Crippen molar-refractivity contribution in [1.82, 2.24) is 0 Å². The molecule has 3 nitrogen and oxygen atoms in total. The number of ether oxygens (including phenoxy) is 1. The molecule has 3 heteroatoms. The summed E-state index contributed by atoms with van der Waals surface area (Å²) in [5.74, 6) is -0.487. The summed E-state index contributed by atoms with van der Waals surface area (Å²) in [7, 11) is 0. The molecule has 0 fully saturated rings. The second-order valence-electron chi connectivity index (χ2n) is 5.71. The third-order valence-corrected chi connectivity index (χ3v) is 4.01. The normalized spacial score (nSPS) is 16.6. The van der Waals surface area contributed by atoms with Gasteiger partial charge in [-0.1, -0.05) is 50.2 Å². The van der Waals surface area contributed by atoms with Crippen LogP contribution in [0, 0.1) is 0 Å². The van der Waals surface area contributed by atoms with Crippen LogP contribution in [0.5, 0.6) is 5.75 Å². The quantitative estimate of drug-likeness (QED) is 0.908. The van der Waals surface area contributed by atoms with Crippen LogP contribution in [-0.2, 0) is 11.4 Å². The third kappa shape index (κ3) is 2.40. The average molecular weight is 282 g/mol. The number of hydrogen-bond donors (Lipinski definition) is 1. The summed E-state index contributed by atoms with van der Waals surface area (Å²) in [6.07, 6.45) is 0. The van der Waals surface area contributed by atoms with Gasteiger partial charge < -0.3 is 9.84 Å². The third-order valence-electron chi connectivity index (χ3n) is 4.01. The SMILES string of the molecule is CC(C)c1ccc2c(c1)C(C(=O)O)c1ccccc1CO2. The number of aliphatic carboxylic acids is 1. The van der Waals surface area contributed by atoms with Crippen LogP contribution in [-0.4, -0.2) is 11.1 Å². The van der Waals surface area contributed by atoms with Crippen LogP contribution in [0.4, 0.5) is 0 Å². The molecule has 21 heavy (non-hydrogen) atoms. The molecule has 0 bridgehead atoms. The first-order valence-corrected chi connectivity index (χ1v) is 7.15. The van der Waals surface area contributed by atoms with Crippen molar-refractivity contribution in [3.05, 3.63) is 64.7 Å². The van der Waals surface area contributed by atoms with E-state index < -0.39 is 11.9 Å². The molecular formula is C18H18O3. The zero-order valence-electron chi connectivity index (χ0n) is 12.2. The van der Waals surface area contributed by atoms with Gasteiger partial charge in [-0.05, 0) is 28.7 Å². The Kier molecular flexibility index (Phi) is 3.42. The van der Waals surface area contributed by atoms with E-state index in [4.69, 9.17) is 4.74 Å². The highest BCUT2D eigenvalue weighted by Crippen LogP contribution is 2.39. The number of benzene rings is 2. The van der Waals surface area contributed by atoms with Crippen LogP contribution in [0.25, 0.3) is 0 Å². The maximum Gasteiger partial charge on any atom is 0.315 e. The van der Waals surface area contributed by atoms with E-state index >= 15 is 0 Å². The Morgan fingerprint density at radius 3 is 2.67 bits per heavy atom. The number of hydrogen-bond acceptors (Lipinski definition) is 2. The maximum absolute atomic E-state index is 11.9. The van der Waals surface area contributed by atoms with E-state index in [1.807, 2.05) is 42.5 Å². The van der Waals surface area contributed by atoms with E-state index in [2.05, 4.69) is 13.8 Å². The number of fused-ring (bicyclic) bond motifs is 2. The number of carboxylic acids is 1. The Hall–Kier alpha value is -2.29. The van der Waals surface area contributed by atoms with Gasteiger partial charge in [0.25, 0.3) is 0 Å². The van der Waals surface area contributed by atoms with Gasteiger partial charge in [0.15, 0.2) is 0 Å². The van der Waals surface area contributed by atoms with Gasteiger partial charge in [-0.15, -0.1) is 0 Å². The van der Waals surface area contributed by atoms with Gasteiger partial charge in [-0.2, -0.15) is 0 Å². The van der Waals surface area contributed by atoms with Gasteiger partial charge in [0.05, 0.1) is 0 Å². The smallest absolute Gasteiger partial charge is 0.315 e. The molecule has 1 aliphatic rings. The lowest BCUT2D eigenvalue weighted by atomic mass is 9.86. The highest BCUT2D eigenvalue weighted by atomic mass is 16.5. The van der Waals surface area contributed by atoms with Gasteiger partial charge in [-0.3, -0.25) is 4.79 Å². The highest BCUT2D eigenvalue weighted by molar-refractivity contribution is 5.82. The first kappa shape index (κ1) is 13.7. The number of rotatable bonds is 2. The molecule has 1 aliphatic heterocycles. The van der Waals surface area contributed by atoms with Crippen LogP contribution >= 0.6 is 0 Å². The fraction of sp³-hybridized carbons (Fsp3) is 0.278. The largest absolute Gasteiger partial charge is 0.489 e.